The summed E-state index contributed by atoms with van der Waals surface area (Å²) in [6.07, 6.45) is 8.40. The number of aromatic nitrogens is 4. The molecule has 8 heterocycles. The van der Waals surface area contributed by atoms with E-state index in [1.54, 1.807) is 43.1 Å². The summed E-state index contributed by atoms with van der Waals surface area (Å²) in [5, 5.41) is 46.1. The highest BCUT2D eigenvalue weighted by molar-refractivity contribution is 6.27. The summed E-state index contributed by atoms with van der Waals surface area (Å²) in [5.74, 6) is 0. The molecule has 0 spiro atoms. The lowest BCUT2D eigenvalue weighted by Gasteiger charge is -2.10. The van der Waals surface area contributed by atoms with Crippen LogP contribution in [0, 0.1) is 40.6 Å². The van der Waals surface area contributed by atoms with Crippen LogP contribution in [-0.4, -0.2) is 19.9 Å². The summed E-state index contributed by atoms with van der Waals surface area (Å²) < 4.78 is 25.9. The molecule has 20 aromatic carbocycles. The Hall–Kier alpha value is -20.8. The Morgan fingerprint density at radius 2 is 0.507 bits per heavy atom. The van der Waals surface area contributed by atoms with E-state index in [1.165, 1.54) is 65.3 Å². The molecular weight excluding hydrogens is 1810 g/mol. The predicted octanol–water partition coefficient (Wildman–Crippen LogP) is 36.7. The molecule has 688 valence electrons. The molecule has 0 aliphatic heterocycles. The standard InChI is InChI=1S/4C34H20N2O/c1-35-26-16-17-36-31(20-26)25-11-7-10-24(18-25)30-21-33-34(28-13-6-5-12-27(28)30)29-15-14-23(19-32(29)37-33)22-8-3-2-4-9-22;35-19-22-16-27(21-36-20-22)24-10-12-25(13-11-24)31-18-33-34(29-9-5-4-8-28(29)31)30-15-14-26(17-32(30)37-33)23-6-2-1-3-7-23;35-21-22-16-17-36-31(18-22)25-12-10-24(11-13-25)30-20-33-34(28-9-5-4-8-27(28)30)29-15-14-26(19-32(29)37-33)23-6-2-1-3-7-23;35-21-27-18-26(16-17-36-27)23-10-12-24(13-11-23)31-20-33-34(29-9-5-4-8-28(29)31)30-15-14-25(19-32(30)37-33)22-6-2-1-3-7-22/h2-21H;1-18,20-21H;2*1-20H. The Labute approximate surface area is 850 Å². The highest BCUT2D eigenvalue weighted by Gasteiger charge is 2.24. The van der Waals surface area contributed by atoms with Crippen molar-refractivity contribution in [2.24, 2.45) is 0 Å². The van der Waals surface area contributed by atoms with Crippen molar-refractivity contribution >= 4 is 137 Å². The number of hydrogen-bond donors (Lipinski definition) is 0. The zero-order valence-corrected chi connectivity index (χ0v) is 79.4. The maximum Gasteiger partial charge on any atom is 0.190 e. The fraction of sp³-hybridized carbons (Fsp3) is 0. The van der Waals surface area contributed by atoms with Crippen LogP contribution >= 0.6 is 0 Å². The van der Waals surface area contributed by atoms with Crippen LogP contribution in [-0.2, 0) is 0 Å². The van der Waals surface area contributed by atoms with E-state index in [2.05, 4.69) is 419 Å². The van der Waals surface area contributed by atoms with Gasteiger partial charge in [-0.25, -0.2) is 9.83 Å². The van der Waals surface area contributed by atoms with E-state index >= 15 is 0 Å². The molecule has 12 nitrogen and oxygen atoms in total. The van der Waals surface area contributed by atoms with E-state index in [1.807, 2.05) is 66.7 Å². The quantitative estimate of drug-likeness (QED) is 0.106. The van der Waals surface area contributed by atoms with Gasteiger partial charge >= 0.3 is 0 Å². The molecule has 0 amide bonds. The number of nitrogens with zero attached hydrogens (tertiary/aromatic N) is 8. The van der Waals surface area contributed by atoms with Crippen molar-refractivity contribution in [3.05, 3.63) is 514 Å². The minimum absolute atomic E-state index is 0.415. The first-order valence-corrected chi connectivity index (χ1v) is 48.7. The average Bonchev–Trinajstić information content (AvgIpc) is 1.59. The molecule has 8 aromatic heterocycles. The molecule has 28 aromatic rings. The van der Waals surface area contributed by atoms with Crippen molar-refractivity contribution in [3.8, 4) is 152 Å². The zero-order valence-electron chi connectivity index (χ0n) is 79.4. The fourth-order valence-electron chi connectivity index (χ4n) is 20.7. The van der Waals surface area contributed by atoms with Crippen molar-refractivity contribution in [1.29, 1.82) is 15.8 Å². The Morgan fingerprint density at radius 3 is 0.892 bits per heavy atom. The Kier molecular flexibility index (Phi) is 22.9. The minimum Gasteiger partial charge on any atom is -0.456 e. The average molecular weight is 1890 g/mol. The molecular formula is C136H80N8O4. The first-order chi connectivity index (χ1) is 73.1. The van der Waals surface area contributed by atoms with E-state index in [0.29, 0.717) is 22.5 Å². The second-order valence-corrected chi connectivity index (χ2v) is 36.6. The van der Waals surface area contributed by atoms with Gasteiger partial charge in [-0.2, -0.15) is 15.8 Å². The van der Waals surface area contributed by atoms with Crippen molar-refractivity contribution in [2.75, 3.05) is 0 Å². The van der Waals surface area contributed by atoms with E-state index in [9.17, 15) is 15.8 Å². The van der Waals surface area contributed by atoms with E-state index in [4.69, 9.17) is 24.2 Å². The number of nitriles is 3. The molecule has 12 heteroatoms. The molecule has 0 saturated carbocycles. The minimum atomic E-state index is 0.415. The smallest absolute Gasteiger partial charge is 0.190 e. The highest BCUT2D eigenvalue weighted by atomic mass is 16.3. The van der Waals surface area contributed by atoms with E-state index in [0.717, 1.165) is 199 Å². The van der Waals surface area contributed by atoms with Gasteiger partial charge in [0, 0.05) is 85.2 Å². The van der Waals surface area contributed by atoms with Crippen molar-refractivity contribution < 1.29 is 17.7 Å². The van der Waals surface area contributed by atoms with Gasteiger partial charge in [-0.05, 0) is 276 Å². The second-order valence-electron chi connectivity index (χ2n) is 36.6. The molecule has 0 aliphatic rings. The van der Waals surface area contributed by atoms with Crippen LogP contribution in [0.5, 0.6) is 0 Å². The number of rotatable bonds is 12. The Morgan fingerprint density at radius 1 is 0.196 bits per heavy atom. The van der Waals surface area contributed by atoms with Gasteiger partial charge in [0.15, 0.2) is 5.69 Å². The molecule has 0 fully saturated rings. The van der Waals surface area contributed by atoms with Gasteiger partial charge in [-0.3, -0.25) is 15.0 Å². The van der Waals surface area contributed by atoms with Gasteiger partial charge in [0.05, 0.1) is 35.2 Å². The highest BCUT2D eigenvalue weighted by Crippen LogP contribution is 2.49. The third-order valence-corrected chi connectivity index (χ3v) is 27.9. The normalized spacial score (nSPS) is 11.2. The molecule has 0 saturated heterocycles. The Balaban J connectivity index is 0.000000103. The summed E-state index contributed by atoms with van der Waals surface area (Å²) in [4.78, 5) is 20.8. The number of furan rings is 4. The predicted molar refractivity (Wildman–Crippen MR) is 602 cm³/mol. The van der Waals surface area contributed by atoms with Crippen LogP contribution in [0.3, 0.4) is 0 Å². The molecule has 0 N–H and O–H groups in total. The summed E-state index contributed by atoms with van der Waals surface area (Å²) >= 11 is 0. The first kappa shape index (κ1) is 88.6. The molecule has 148 heavy (non-hydrogen) atoms. The monoisotopic (exact) mass is 1890 g/mol. The maximum atomic E-state index is 9.23. The van der Waals surface area contributed by atoms with Crippen LogP contribution in [0.1, 0.15) is 16.8 Å². The first-order valence-electron chi connectivity index (χ1n) is 48.7. The topological polar surface area (TPSA) is 180 Å². The number of pyridine rings is 4. The molecule has 28 rings (SSSR count). The fourth-order valence-corrected chi connectivity index (χ4v) is 20.7. The molecule has 0 aliphatic carbocycles. The molecule has 0 bridgehead atoms. The summed E-state index contributed by atoms with van der Waals surface area (Å²) in [5.41, 5.74) is 34.8. The SMILES string of the molecule is N#Cc1cc(-c2ccc(-c3cc4oc5cc(-c6ccccc6)ccc5c4c4ccccc34)cc2)ccn1.N#Cc1ccnc(-c2ccc(-c3cc4oc5cc(-c6ccccc6)ccc5c4c4ccccc34)cc2)c1.N#Cc1cncc(-c2ccc(-c3cc4oc5cc(-c6ccccc6)ccc5c4c4ccccc34)cc2)c1.[C-]#[N+]c1ccnc(-c2cccc(-c3cc4oc5cc(-c6ccccc6)ccc5c4c4ccccc34)c2)c1. The third-order valence-electron chi connectivity index (χ3n) is 27.9. The second kappa shape index (κ2) is 38.3. The zero-order chi connectivity index (χ0) is 99.1. The number of benzene rings is 20. The van der Waals surface area contributed by atoms with Gasteiger partial charge in [0.25, 0.3) is 0 Å². The maximum absolute atomic E-state index is 9.23. The third kappa shape index (κ3) is 16.8. The van der Waals surface area contributed by atoms with Crippen molar-refractivity contribution in [1.82, 2.24) is 19.9 Å². The van der Waals surface area contributed by atoms with Gasteiger partial charge in [0.1, 0.15) is 62.5 Å². The number of hydrogen-bond acceptors (Lipinski definition) is 11. The van der Waals surface area contributed by atoms with Crippen LogP contribution in [0.2, 0.25) is 0 Å². The van der Waals surface area contributed by atoms with Crippen LogP contribution in [0.25, 0.3) is 269 Å². The van der Waals surface area contributed by atoms with Gasteiger partial charge in [-0.1, -0.05) is 334 Å². The molecule has 0 atom stereocenters. The lowest BCUT2D eigenvalue weighted by atomic mass is 9.93. The van der Waals surface area contributed by atoms with Gasteiger partial charge < -0.3 is 17.7 Å². The molecule has 0 radical (unpaired) electrons. The van der Waals surface area contributed by atoms with Crippen LogP contribution in [0.15, 0.2) is 504 Å². The van der Waals surface area contributed by atoms with Crippen LogP contribution < -0.4 is 0 Å². The number of fused-ring (bicyclic) bond motifs is 20. The molecule has 0 unspecified atom stereocenters. The lowest BCUT2D eigenvalue weighted by Crippen LogP contribution is -1.86. The summed E-state index contributed by atoms with van der Waals surface area (Å²) in [7, 11) is 0. The van der Waals surface area contributed by atoms with Gasteiger partial charge in [0.2, 0.25) is 0 Å². The van der Waals surface area contributed by atoms with E-state index in [-0.39, 0.29) is 0 Å². The largest absolute Gasteiger partial charge is 0.456 e. The van der Waals surface area contributed by atoms with E-state index < -0.39 is 0 Å². The summed E-state index contributed by atoms with van der Waals surface area (Å²) in [6, 6.07) is 163. The van der Waals surface area contributed by atoms with Crippen molar-refractivity contribution in [3.63, 3.8) is 0 Å². The van der Waals surface area contributed by atoms with Crippen molar-refractivity contribution in [2.45, 2.75) is 0 Å². The Bertz CT molecular complexity index is 9580. The van der Waals surface area contributed by atoms with Crippen LogP contribution in [0.4, 0.5) is 5.69 Å². The summed E-state index contributed by atoms with van der Waals surface area (Å²) in [6.45, 7) is 7.34. The van der Waals surface area contributed by atoms with Gasteiger partial charge in [-0.15, -0.1) is 0 Å². The lowest BCUT2D eigenvalue weighted by molar-refractivity contribution is 0.669.